The van der Waals surface area contributed by atoms with E-state index in [-0.39, 0.29) is 27.7 Å². The van der Waals surface area contributed by atoms with Crippen molar-refractivity contribution in [2.24, 2.45) is 7.05 Å². The highest BCUT2D eigenvalue weighted by Crippen LogP contribution is 2.30. The number of hydrogen-bond acceptors (Lipinski definition) is 6. The van der Waals surface area contributed by atoms with Crippen LogP contribution in [0.5, 0.6) is 5.88 Å². The monoisotopic (exact) mass is 428 g/mol. The highest BCUT2D eigenvalue weighted by Gasteiger charge is 2.28. The van der Waals surface area contributed by atoms with E-state index in [9.17, 15) is 14.9 Å². The lowest BCUT2D eigenvalue weighted by molar-refractivity contribution is -0.385. The van der Waals surface area contributed by atoms with E-state index in [0.29, 0.717) is 18.8 Å². The second-order valence-electron chi connectivity index (χ2n) is 6.74. The number of benzene rings is 2. The van der Waals surface area contributed by atoms with Crippen molar-refractivity contribution < 1.29 is 14.5 Å². The number of nitrogens with zero attached hydrogens (tertiary/aromatic N) is 4. The Labute approximate surface area is 178 Å². The number of nitro groups is 1. The number of nitro benzene ring substituents is 1. The van der Waals surface area contributed by atoms with Gasteiger partial charge in [-0.25, -0.2) is 4.68 Å². The third kappa shape index (κ3) is 4.44. The van der Waals surface area contributed by atoms with Crippen molar-refractivity contribution in [2.45, 2.75) is 6.92 Å². The van der Waals surface area contributed by atoms with Crippen molar-refractivity contribution in [3.63, 3.8) is 0 Å². The van der Waals surface area contributed by atoms with Crippen molar-refractivity contribution in [3.8, 4) is 5.88 Å². The molecule has 156 valence electrons. The van der Waals surface area contributed by atoms with Crippen LogP contribution in [0.1, 0.15) is 21.6 Å². The number of ether oxygens (including phenoxy) is 1. The number of rotatable bonds is 8. The molecule has 0 bridgehead atoms. The van der Waals surface area contributed by atoms with Crippen LogP contribution in [0.2, 0.25) is 5.02 Å². The lowest BCUT2D eigenvalue weighted by Gasteiger charge is -2.19. The van der Waals surface area contributed by atoms with Gasteiger partial charge in [-0.2, -0.15) is 5.10 Å². The molecule has 1 heterocycles. The van der Waals surface area contributed by atoms with E-state index in [0.717, 1.165) is 11.8 Å². The Balaban J connectivity index is 1.84. The second-order valence-corrected chi connectivity index (χ2v) is 7.18. The number of likely N-dealkylation sites (N-methyl/N-ethyl adjacent to an activating group) is 1. The van der Waals surface area contributed by atoms with Crippen LogP contribution in [-0.4, -0.2) is 40.7 Å². The maximum absolute atomic E-state index is 13.2. The van der Waals surface area contributed by atoms with Crippen LogP contribution in [0.15, 0.2) is 48.5 Å². The fraction of sp³-hybridized carbons (Fsp3) is 0.238. The van der Waals surface area contributed by atoms with Crippen molar-refractivity contribution >= 4 is 28.8 Å². The van der Waals surface area contributed by atoms with Crippen molar-refractivity contribution in [1.29, 1.82) is 0 Å². The predicted octanol–water partition coefficient (Wildman–Crippen LogP) is 4.04. The number of carbonyl (C=O) groups excluding carboxylic acids is 1. The molecule has 0 saturated carbocycles. The van der Waals surface area contributed by atoms with Crippen LogP contribution in [0.3, 0.4) is 0 Å². The van der Waals surface area contributed by atoms with E-state index in [1.165, 1.54) is 16.8 Å². The summed E-state index contributed by atoms with van der Waals surface area (Å²) < 4.78 is 7.35. The molecule has 0 fully saturated rings. The van der Waals surface area contributed by atoms with E-state index >= 15 is 0 Å². The number of carbonyl (C=O) groups is 1. The minimum Gasteiger partial charge on any atom is -0.475 e. The van der Waals surface area contributed by atoms with E-state index in [1.54, 1.807) is 14.0 Å². The predicted molar refractivity (Wildman–Crippen MR) is 115 cm³/mol. The third-order valence-electron chi connectivity index (χ3n) is 4.66. The molecule has 0 aliphatic heterocycles. The zero-order chi connectivity index (χ0) is 21.8. The Bertz CT molecular complexity index is 1080. The molecule has 8 nitrogen and oxygen atoms in total. The van der Waals surface area contributed by atoms with Crippen molar-refractivity contribution in [3.05, 3.63) is 80.5 Å². The summed E-state index contributed by atoms with van der Waals surface area (Å²) in [4.78, 5) is 26.0. The van der Waals surface area contributed by atoms with E-state index in [2.05, 4.69) is 5.10 Å². The fourth-order valence-electron chi connectivity index (χ4n) is 3.14. The van der Waals surface area contributed by atoms with Crippen LogP contribution >= 0.6 is 11.6 Å². The molecule has 0 unspecified atom stereocenters. The zero-order valence-corrected chi connectivity index (χ0v) is 17.6. The van der Waals surface area contributed by atoms with Crippen molar-refractivity contribution in [2.75, 3.05) is 25.1 Å². The average Bonchev–Trinajstić information content (AvgIpc) is 3.01. The Hall–Kier alpha value is -3.39. The number of aromatic nitrogens is 2. The van der Waals surface area contributed by atoms with Gasteiger partial charge in [0, 0.05) is 30.9 Å². The number of ketones is 1. The van der Waals surface area contributed by atoms with E-state index in [4.69, 9.17) is 16.3 Å². The summed E-state index contributed by atoms with van der Waals surface area (Å²) in [5.74, 6) is -0.265. The summed E-state index contributed by atoms with van der Waals surface area (Å²) in [7, 11) is 3.60. The average molecular weight is 429 g/mol. The van der Waals surface area contributed by atoms with Crippen LogP contribution in [0.4, 0.5) is 11.4 Å². The first-order chi connectivity index (χ1) is 14.3. The normalized spacial score (nSPS) is 10.7. The van der Waals surface area contributed by atoms with Gasteiger partial charge in [-0.05, 0) is 31.2 Å². The first-order valence-corrected chi connectivity index (χ1v) is 9.58. The number of para-hydroxylation sites is 1. The molecule has 3 rings (SSSR count). The van der Waals surface area contributed by atoms with E-state index in [1.807, 2.05) is 42.3 Å². The van der Waals surface area contributed by atoms with Gasteiger partial charge in [0.1, 0.15) is 17.7 Å². The molecule has 0 saturated heterocycles. The molecular weight excluding hydrogens is 408 g/mol. The number of aryl methyl sites for hydroxylation is 2. The third-order valence-corrected chi connectivity index (χ3v) is 4.90. The molecule has 9 heteroatoms. The highest BCUT2D eigenvalue weighted by atomic mass is 35.5. The quantitative estimate of drug-likeness (QED) is 0.305. The van der Waals surface area contributed by atoms with E-state index < -0.39 is 10.7 Å². The van der Waals surface area contributed by atoms with Gasteiger partial charge in [-0.3, -0.25) is 14.9 Å². The Morgan fingerprint density at radius 1 is 1.27 bits per heavy atom. The molecule has 0 amide bonds. The fourth-order valence-corrected chi connectivity index (χ4v) is 3.30. The smallest absolute Gasteiger partial charge is 0.282 e. The molecule has 0 radical (unpaired) electrons. The van der Waals surface area contributed by atoms with Gasteiger partial charge in [0.15, 0.2) is 0 Å². The molecule has 30 heavy (non-hydrogen) atoms. The molecule has 0 atom stereocenters. The largest absolute Gasteiger partial charge is 0.475 e. The highest BCUT2D eigenvalue weighted by molar-refractivity contribution is 6.31. The minimum absolute atomic E-state index is 0.0632. The van der Waals surface area contributed by atoms with Gasteiger partial charge < -0.3 is 9.64 Å². The van der Waals surface area contributed by atoms with Gasteiger partial charge in [-0.1, -0.05) is 29.8 Å². The van der Waals surface area contributed by atoms with Crippen LogP contribution in [-0.2, 0) is 7.05 Å². The van der Waals surface area contributed by atoms with Crippen LogP contribution in [0, 0.1) is 17.0 Å². The summed E-state index contributed by atoms with van der Waals surface area (Å²) >= 11 is 5.87. The van der Waals surface area contributed by atoms with Gasteiger partial charge in [0.05, 0.1) is 17.2 Å². The minimum atomic E-state index is -0.625. The number of anilines is 1. The lowest BCUT2D eigenvalue weighted by Crippen LogP contribution is -2.24. The maximum Gasteiger partial charge on any atom is 0.282 e. The zero-order valence-electron chi connectivity index (χ0n) is 16.8. The van der Waals surface area contributed by atoms with Crippen LogP contribution < -0.4 is 9.64 Å². The molecule has 0 spiro atoms. The van der Waals surface area contributed by atoms with Gasteiger partial charge in [0.2, 0.25) is 11.7 Å². The molecule has 0 aliphatic carbocycles. The van der Waals surface area contributed by atoms with Crippen molar-refractivity contribution in [1.82, 2.24) is 9.78 Å². The number of hydrogen-bond donors (Lipinski definition) is 0. The molecule has 0 aliphatic rings. The summed E-state index contributed by atoms with van der Waals surface area (Å²) in [5, 5.41) is 15.9. The SMILES string of the molecule is Cc1nn(C)c(OCCN(C)c2ccccc2)c1C(=O)c1ccc(Cl)cc1[N+](=O)[O-]. The standard InChI is InChI=1S/C21H21ClN4O4/c1-14-19(20(27)17-10-9-15(22)13-18(17)26(28)29)21(25(3)23-14)30-12-11-24(2)16-7-5-4-6-8-16/h4-10,13H,11-12H2,1-3H3. The van der Waals surface area contributed by atoms with Crippen LogP contribution in [0.25, 0.3) is 0 Å². The summed E-state index contributed by atoms with van der Waals surface area (Å²) in [6, 6.07) is 13.8. The van der Waals surface area contributed by atoms with Gasteiger partial charge in [-0.15, -0.1) is 0 Å². The topological polar surface area (TPSA) is 90.5 Å². The Morgan fingerprint density at radius 2 is 1.97 bits per heavy atom. The maximum atomic E-state index is 13.2. The molecule has 1 aromatic heterocycles. The summed E-state index contributed by atoms with van der Waals surface area (Å²) in [6.07, 6.45) is 0. The summed E-state index contributed by atoms with van der Waals surface area (Å²) in [5.41, 5.74) is 1.25. The Morgan fingerprint density at radius 3 is 2.63 bits per heavy atom. The molecule has 2 aromatic carbocycles. The molecular formula is C21H21ClN4O4. The number of halogens is 1. The second kappa shape index (κ2) is 8.96. The van der Waals surface area contributed by atoms with Gasteiger partial charge >= 0.3 is 0 Å². The summed E-state index contributed by atoms with van der Waals surface area (Å²) in [6.45, 7) is 2.54. The molecule has 0 N–H and O–H groups in total. The lowest BCUT2D eigenvalue weighted by atomic mass is 10.0. The Kier molecular flexibility index (Phi) is 6.37. The first kappa shape index (κ1) is 21.3. The first-order valence-electron chi connectivity index (χ1n) is 9.20. The molecule has 3 aromatic rings. The van der Waals surface area contributed by atoms with Gasteiger partial charge in [0.25, 0.3) is 5.69 Å².